The highest BCUT2D eigenvalue weighted by atomic mass is 16.5. The molecular weight excluding hydrogens is 150 g/mol. The highest BCUT2D eigenvalue weighted by Gasteiger charge is 2.38. The van der Waals surface area contributed by atoms with Gasteiger partial charge in [0.1, 0.15) is 0 Å². The van der Waals surface area contributed by atoms with Crippen LogP contribution in [0.15, 0.2) is 0 Å². The number of piperidine rings is 1. The summed E-state index contributed by atoms with van der Waals surface area (Å²) in [6, 6.07) is 0. The number of fused-ring (bicyclic) bond motifs is 1. The van der Waals surface area contributed by atoms with Crippen LogP contribution in [0.1, 0.15) is 19.3 Å². The van der Waals surface area contributed by atoms with Crippen molar-refractivity contribution in [2.45, 2.75) is 25.4 Å². The monoisotopic (exact) mass is 169 g/mol. The lowest BCUT2D eigenvalue weighted by Crippen LogP contribution is -2.39. The van der Waals surface area contributed by atoms with Crippen molar-refractivity contribution >= 4 is 0 Å². The van der Waals surface area contributed by atoms with Gasteiger partial charge in [0.05, 0.1) is 6.10 Å². The highest BCUT2D eigenvalue weighted by Crippen LogP contribution is 2.38. The van der Waals surface area contributed by atoms with Gasteiger partial charge in [0.2, 0.25) is 0 Å². The summed E-state index contributed by atoms with van der Waals surface area (Å²) in [5.41, 5.74) is 0. The molecule has 1 saturated heterocycles. The number of likely N-dealkylation sites (tertiary alicyclic amines) is 1. The number of hydrogen-bond acceptors (Lipinski definition) is 2. The van der Waals surface area contributed by atoms with Gasteiger partial charge < -0.3 is 9.64 Å². The Kier molecular flexibility index (Phi) is 2.37. The normalized spacial score (nSPS) is 43.0. The van der Waals surface area contributed by atoms with Gasteiger partial charge in [0.25, 0.3) is 0 Å². The summed E-state index contributed by atoms with van der Waals surface area (Å²) in [5.74, 6) is 1.79. The maximum absolute atomic E-state index is 5.50. The lowest BCUT2D eigenvalue weighted by atomic mass is 9.88. The van der Waals surface area contributed by atoms with Crippen LogP contribution in [0.3, 0.4) is 0 Å². The predicted molar refractivity (Wildman–Crippen MR) is 49.1 cm³/mol. The molecule has 0 amide bonds. The third kappa shape index (κ3) is 1.38. The molecule has 1 saturated carbocycles. The molecule has 2 nitrogen and oxygen atoms in total. The fourth-order valence-electron chi connectivity index (χ4n) is 2.87. The fraction of sp³-hybridized carbons (Fsp3) is 1.00. The lowest BCUT2D eigenvalue weighted by molar-refractivity contribution is 0.0294. The molecule has 1 heterocycles. The molecule has 3 atom stereocenters. The average molecular weight is 169 g/mol. The van der Waals surface area contributed by atoms with Gasteiger partial charge in [0, 0.05) is 19.6 Å². The second-order valence-corrected chi connectivity index (χ2v) is 4.33. The average Bonchev–Trinajstić information content (AvgIpc) is 2.46. The van der Waals surface area contributed by atoms with Crippen LogP contribution in [0.4, 0.5) is 0 Å². The Balaban J connectivity index is 2.00. The van der Waals surface area contributed by atoms with E-state index in [0.717, 1.165) is 11.8 Å². The van der Waals surface area contributed by atoms with E-state index in [-0.39, 0.29) is 0 Å². The summed E-state index contributed by atoms with van der Waals surface area (Å²) in [6.07, 6.45) is 4.63. The molecule has 1 aliphatic heterocycles. The van der Waals surface area contributed by atoms with Crippen LogP contribution < -0.4 is 0 Å². The van der Waals surface area contributed by atoms with E-state index in [1.165, 1.54) is 32.4 Å². The quantitative estimate of drug-likeness (QED) is 0.587. The number of hydrogen-bond donors (Lipinski definition) is 0. The SMILES string of the molecule is COC1CCC2CCN(C)CC21. The van der Waals surface area contributed by atoms with Gasteiger partial charge >= 0.3 is 0 Å². The first-order chi connectivity index (χ1) is 5.81. The largest absolute Gasteiger partial charge is 0.381 e. The van der Waals surface area contributed by atoms with E-state index in [9.17, 15) is 0 Å². The zero-order chi connectivity index (χ0) is 8.55. The number of ether oxygens (including phenoxy) is 1. The zero-order valence-electron chi connectivity index (χ0n) is 8.12. The fourth-order valence-corrected chi connectivity index (χ4v) is 2.87. The highest BCUT2D eigenvalue weighted by molar-refractivity contribution is 4.90. The lowest BCUT2D eigenvalue weighted by Gasteiger charge is -2.34. The van der Waals surface area contributed by atoms with Crippen LogP contribution in [-0.2, 0) is 4.74 Å². The summed E-state index contributed by atoms with van der Waals surface area (Å²) in [6.45, 7) is 2.54. The minimum atomic E-state index is 0.553. The summed E-state index contributed by atoms with van der Waals surface area (Å²) in [7, 11) is 4.09. The van der Waals surface area contributed by atoms with Crippen molar-refractivity contribution in [1.82, 2.24) is 4.90 Å². The molecule has 1 aliphatic carbocycles. The van der Waals surface area contributed by atoms with Gasteiger partial charge in [-0.25, -0.2) is 0 Å². The summed E-state index contributed by atoms with van der Waals surface area (Å²) < 4.78 is 5.50. The van der Waals surface area contributed by atoms with Crippen LogP contribution in [0.5, 0.6) is 0 Å². The number of nitrogens with zero attached hydrogens (tertiary/aromatic N) is 1. The van der Waals surface area contributed by atoms with Gasteiger partial charge in [0.15, 0.2) is 0 Å². The second kappa shape index (κ2) is 3.35. The van der Waals surface area contributed by atoms with Gasteiger partial charge in [-0.1, -0.05) is 0 Å². The molecule has 0 aromatic heterocycles. The Bertz CT molecular complexity index is 154. The third-order valence-corrected chi connectivity index (χ3v) is 3.61. The van der Waals surface area contributed by atoms with E-state index in [1.54, 1.807) is 0 Å². The molecule has 70 valence electrons. The molecule has 2 rings (SSSR count). The van der Waals surface area contributed by atoms with Gasteiger partial charge in [-0.15, -0.1) is 0 Å². The molecule has 2 heteroatoms. The summed E-state index contributed by atoms with van der Waals surface area (Å²) in [5, 5.41) is 0. The smallest absolute Gasteiger partial charge is 0.0614 e. The second-order valence-electron chi connectivity index (χ2n) is 4.33. The Hall–Kier alpha value is -0.0800. The van der Waals surface area contributed by atoms with Crippen LogP contribution in [0.2, 0.25) is 0 Å². The van der Waals surface area contributed by atoms with Crippen LogP contribution >= 0.6 is 0 Å². The van der Waals surface area contributed by atoms with E-state index in [4.69, 9.17) is 4.74 Å². The minimum Gasteiger partial charge on any atom is -0.381 e. The topological polar surface area (TPSA) is 12.5 Å². The Labute approximate surface area is 74.9 Å². The van der Waals surface area contributed by atoms with Gasteiger partial charge in [-0.2, -0.15) is 0 Å². The van der Waals surface area contributed by atoms with E-state index in [1.807, 2.05) is 7.11 Å². The first-order valence-corrected chi connectivity index (χ1v) is 5.02. The van der Waals surface area contributed by atoms with Crippen LogP contribution in [0.25, 0.3) is 0 Å². The third-order valence-electron chi connectivity index (χ3n) is 3.61. The van der Waals surface area contributed by atoms with Crippen molar-refractivity contribution in [3.8, 4) is 0 Å². The van der Waals surface area contributed by atoms with Crippen molar-refractivity contribution in [2.75, 3.05) is 27.2 Å². The Morgan fingerprint density at radius 2 is 2.08 bits per heavy atom. The first kappa shape index (κ1) is 8.52. The maximum atomic E-state index is 5.50. The number of methoxy groups -OCH3 is 1. The van der Waals surface area contributed by atoms with Crippen LogP contribution in [0, 0.1) is 11.8 Å². The van der Waals surface area contributed by atoms with E-state index >= 15 is 0 Å². The van der Waals surface area contributed by atoms with E-state index < -0.39 is 0 Å². The standard InChI is InChI=1S/C10H19NO/c1-11-6-5-8-3-4-10(12-2)9(8)7-11/h8-10H,3-7H2,1-2H3. The van der Waals surface area contributed by atoms with E-state index in [2.05, 4.69) is 11.9 Å². The summed E-state index contributed by atoms with van der Waals surface area (Å²) >= 11 is 0. The Morgan fingerprint density at radius 1 is 1.25 bits per heavy atom. The molecule has 0 N–H and O–H groups in total. The summed E-state index contributed by atoms with van der Waals surface area (Å²) in [4.78, 5) is 2.44. The zero-order valence-corrected chi connectivity index (χ0v) is 8.12. The van der Waals surface area contributed by atoms with E-state index in [0.29, 0.717) is 6.10 Å². The van der Waals surface area contributed by atoms with Gasteiger partial charge in [-0.05, 0) is 38.8 Å². The molecule has 0 radical (unpaired) electrons. The van der Waals surface area contributed by atoms with Crippen molar-refractivity contribution in [3.63, 3.8) is 0 Å². The molecular formula is C10H19NO. The van der Waals surface area contributed by atoms with Crippen molar-refractivity contribution in [2.24, 2.45) is 11.8 Å². The molecule has 12 heavy (non-hydrogen) atoms. The molecule has 3 unspecified atom stereocenters. The maximum Gasteiger partial charge on any atom is 0.0614 e. The van der Waals surface area contributed by atoms with Crippen molar-refractivity contribution < 1.29 is 4.74 Å². The van der Waals surface area contributed by atoms with Crippen molar-refractivity contribution in [1.29, 1.82) is 0 Å². The molecule has 0 aromatic carbocycles. The molecule has 0 spiro atoms. The van der Waals surface area contributed by atoms with Crippen LogP contribution in [-0.4, -0.2) is 38.3 Å². The predicted octanol–water partition coefficient (Wildman–Crippen LogP) is 1.36. The van der Waals surface area contributed by atoms with Crippen molar-refractivity contribution in [3.05, 3.63) is 0 Å². The molecule has 2 fully saturated rings. The first-order valence-electron chi connectivity index (χ1n) is 5.02. The minimum absolute atomic E-state index is 0.553. The van der Waals surface area contributed by atoms with Gasteiger partial charge in [-0.3, -0.25) is 0 Å². The Morgan fingerprint density at radius 3 is 2.83 bits per heavy atom. The number of rotatable bonds is 1. The molecule has 0 bridgehead atoms. The molecule has 0 aromatic rings. The molecule has 2 aliphatic rings.